The molecular formula is C24H29NO7. The number of esters is 1. The molecule has 2 aromatic carbocycles. The van der Waals surface area contributed by atoms with Crippen molar-refractivity contribution < 1.29 is 33.3 Å². The summed E-state index contributed by atoms with van der Waals surface area (Å²) in [5, 5.41) is 2.93. The Kier molecular flexibility index (Phi) is 9.07. The maximum atomic E-state index is 12.6. The number of hydrogen-bond acceptors (Lipinski definition) is 7. The van der Waals surface area contributed by atoms with Crippen molar-refractivity contribution in [1.29, 1.82) is 0 Å². The molecule has 0 fully saturated rings. The number of ketones is 1. The monoisotopic (exact) mass is 443 g/mol. The molecule has 1 unspecified atom stereocenters. The number of amides is 1. The van der Waals surface area contributed by atoms with Crippen LogP contribution >= 0.6 is 0 Å². The largest absolute Gasteiger partial charge is 0.496 e. The molecule has 8 heteroatoms. The van der Waals surface area contributed by atoms with E-state index in [1.54, 1.807) is 43.3 Å². The molecular weight excluding hydrogens is 414 g/mol. The van der Waals surface area contributed by atoms with Crippen LogP contribution in [0.3, 0.4) is 0 Å². The summed E-state index contributed by atoms with van der Waals surface area (Å²) in [6.45, 7) is 5.09. The van der Waals surface area contributed by atoms with E-state index >= 15 is 0 Å². The van der Waals surface area contributed by atoms with Crippen LogP contribution < -0.4 is 19.5 Å². The zero-order valence-corrected chi connectivity index (χ0v) is 19.0. The Morgan fingerprint density at radius 2 is 1.66 bits per heavy atom. The first-order valence-electron chi connectivity index (χ1n) is 10.2. The molecule has 0 aliphatic carbocycles. The molecule has 0 aliphatic rings. The van der Waals surface area contributed by atoms with Gasteiger partial charge in [0.05, 0.1) is 33.3 Å². The van der Waals surface area contributed by atoms with E-state index in [2.05, 4.69) is 5.32 Å². The standard InChI is InChI=1S/C24H29NO7/c1-6-31-24(28)14-32-21-10-7-17(12-22(21)30-5)15(2)25-23(27)13-19-11-18(16(3)26)8-9-20(19)29-4/h7-12,15H,6,13-14H2,1-5H3,(H,25,27). The highest BCUT2D eigenvalue weighted by Gasteiger charge is 2.16. The highest BCUT2D eigenvalue weighted by atomic mass is 16.6. The number of carbonyl (C=O) groups is 3. The van der Waals surface area contributed by atoms with Crippen molar-refractivity contribution in [3.05, 3.63) is 53.1 Å². The summed E-state index contributed by atoms with van der Waals surface area (Å²) in [7, 11) is 3.01. The fraction of sp³-hybridized carbons (Fsp3) is 0.375. The van der Waals surface area contributed by atoms with Crippen LogP contribution in [-0.2, 0) is 20.7 Å². The predicted molar refractivity (Wildman–Crippen MR) is 118 cm³/mol. The van der Waals surface area contributed by atoms with Gasteiger partial charge in [0.1, 0.15) is 5.75 Å². The summed E-state index contributed by atoms with van der Waals surface area (Å²) < 4.78 is 21.0. The van der Waals surface area contributed by atoms with Crippen molar-refractivity contribution in [1.82, 2.24) is 5.32 Å². The van der Waals surface area contributed by atoms with Gasteiger partial charge in [-0.05, 0) is 56.7 Å². The number of hydrogen-bond donors (Lipinski definition) is 1. The Morgan fingerprint density at radius 3 is 2.28 bits per heavy atom. The van der Waals surface area contributed by atoms with E-state index in [4.69, 9.17) is 18.9 Å². The second kappa shape index (κ2) is 11.7. The van der Waals surface area contributed by atoms with Crippen LogP contribution in [0.15, 0.2) is 36.4 Å². The lowest BCUT2D eigenvalue weighted by Gasteiger charge is -2.18. The normalized spacial score (nSPS) is 11.3. The van der Waals surface area contributed by atoms with Crippen molar-refractivity contribution >= 4 is 17.7 Å². The van der Waals surface area contributed by atoms with Gasteiger partial charge < -0.3 is 24.3 Å². The molecule has 32 heavy (non-hydrogen) atoms. The van der Waals surface area contributed by atoms with Gasteiger partial charge in [0.15, 0.2) is 23.9 Å². The van der Waals surface area contributed by atoms with Crippen molar-refractivity contribution in [3.8, 4) is 17.2 Å². The third-order valence-corrected chi connectivity index (χ3v) is 4.75. The van der Waals surface area contributed by atoms with Gasteiger partial charge in [-0.15, -0.1) is 0 Å². The quantitative estimate of drug-likeness (QED) is 0.420. The van der Waals surface area contributed by atoms with Gasteiger partial charge in [-0.25, -0.2) is 4.79 Å². The van der Waals surface area contributed by atoms with Gasteiger partial charge >= 0.3 is 5.97 Å². The Bertz CT molecular complexity index is 971. The first-order chi connectivity index (χ1) is 15.3. The second-order valence-electron chi connectivity index (χ2n) is 7.05. The molecule has 2 aromatic rings. The van der Waals surface area contributed by atoms with E-state index in [9.17, 15) is 14.4 Å². The van der Waals surface area contributed by atoms with Crippen molar-refractivity contribution in [2.24, 2.45) is 0 Å². The smallest absolute Gasteiger partial charge is 0.344 e. The van der Waals surface area contributed by atoms with Crippen LogP contribution in [0.2, 0.25) is 0 Å². The Hall–Kier alpha value is -3.55. The first-order valence-corrected chi connectivity index (χ1v) is 10.2. The lowest BCUT2D eigenvalue weighted by molar-refractivity contribution is -0.145. The van der Waals surface area contributed by atoms with Crippen LogP contribution in [0, 0.1) is 0 Å². The van der Waals surface area contributed by atoms with Crippen molar-refractivity contribution in [2.75, 3.05) is 27.4 Å². The van der Waals surface area contributed by atoms with Gasteiger partial charge in [0.25, 0.3) is 0 Å². The van der Waals surface area contributed by atoms with Gasteiger partial charge in [-0.2, -0.15) is 0 Å². The molecule has 1 N–H and O–H groups in total. The maximum Gasteiger partial charge on any atom is 0.344 e. The van der Waals surface area contributed by atoms with Crippen molar-refractivity contribution in [2.45, 2.75) is 33.2 Å². The molecule has 0 aliphatic heterocycles. The molecule has 8 nitrogen and oxygen atoms in total. The van der Waals surface area contributed by atoms with Crippen molar-refractivity contribution in [3.63, 3.8) is 0 Å². The number of benzene rings is 2. The molecule has 0 spiro atoms. The summed E-state index contributed by atoms with van der Waals surface area (Å²) in [6.07, 6.45) is 0.0620. The van der Waals surface area contributed by atoms with Crippen LogP contribution in [0.25, 0.3) is 0 Å². The lowest BCUT2D eigenvalue weighted by atomic mass is 10.0. The molecule has 172 valence electrons. The zero-order chi connectivity index (χ0) is 23.7. The Balaban J connectivity index is 2.08. The van der Waals surface area contributed by atoms with E-state index in [-0.39, 0.29) is 37.4 Å². The summed E-state index contributed by atoms with van der Waals surface area (Å²) in [4.78, 5) is 35.8. The molecule has 1 amide bonds. The SMILES string of the molecule is CCOC(=O)COc1ccc(C(C)NC(=O)Cc2cc(C(C)=O)ccc2OC)cc1OC. The minimum atomic E-state index is -0.469. The minimum Gasteiger partial charge on any atom is -0.496 e. The van der Waals surface area contributed by atoms with E-state index < -0.39 is 5.97 Å². The van der Waals surface area contributed by atoms with Gasteiger partial charge in [0, 0.05) is 11.1 Å². The topological polar surface area (TPSA) is 100 Å². The molecule has 0 bridgehead atoms. The fourth-order valence-electron chi connectivity index (χ4n) is 3.10. The summed E-state index contributed by atoms with van der Waals surface area (Å²) in [5.41, 5.74) is 1.94. The third kappa shape index (κ3) is 6.73. The molecule has 0 radical (unpaired) electrons. The zero-order valence-electron chi connectivity index (χ0n) is 19.0. The molecule has 0 saturated carbocycles. The van der Waals surface area contributed by atoms with Gasteiger partial charge in [-0.3, -0.25) is 9.59 Å². The Labute approximate surface area is 187 Å². The highest BCUT2D eigenvalue weighted by Crippen LogP contribution is 2.30. The number of rotatable bonds is 11. The molecule has 2 rings (SSSR count). The highest BCUT2D eigenvalue weighted by molar-refractivity contribution is 5.94. The summed E-state index contributed by atoms with van der Waals surface area (Å²) in [6, 6.07) is 9.90. The van der Waals surface area contributed by atoms with E-state index in [1.165, 1.54) is 21.1 Å². The molecule has 0 saturated heterocycles. The summed E-state index contributed by atoms with van der Waals surface area (Å²) >= 11 is 0. The second-order valence-corrected chi connectivity index (χ2v) is 7.05. The molecule has 1 atom stereocenters. The average molecular weight is 443 g/mol. The van der Waals surface area contributed by atoms with Gasteiger partial charge in [-0.1, -0.05) is 6.07 Å². The first kappa shape index (κ1) is 24.7. The number of ether oxygens (including phenoxy) is 4. The van der Waals surface area contributed by atoms with Crippen LogP contribution in [-0.4, -0.2) is 45.1 Å². The van der Waals surface area contributed by atoms with Crippen LogP contribution in [0.5, 0.6) is 17.2 Å². The number of Topliss-reactive ketones (excluding diaryl/α,β-unsaturated/α-hetero) is 1. The summed E-state index contributed by atoms with van der Waals surface area (Å²) in [5.74, 6) is 0.599. The average Bonchev–Trinajstić information content (AvgIpc) is 2.77. The number of carbonyl (C=O) groups excluding carboxylic acids is 3. The van der Waals surface area contributed by atoms with Crippen LogP contribution in [0.1, 0.15) is 48.3 Å². The predicted octanol–water partition coefficient (Wildman–Crippen LogP) is 3.27. The van der Waals surface area contributed by atoms with E-state index in [1.807, 2.05) is 6.92 Å². The Morgan fingerprint density at radius 1 is 0.969 bits per heavy atom. The number of nitrogens with one attached hydrogen (secondary N) is 1. The maximum absolute atomic E-state index is 12.6. The van der Waals surface area contributed by atoms with E-state index in [0.717, 1.165) is 5.56 Å². The number of methoxy groups -OCH3 is 2. The fourth-order valence-corrected chi connectivity index (χ4v) is 3.10. The van der Waals surface area contributed by atoms with E-state index in [0.29, 0.717) is 28.4 Å². The molecule has 0 aromatic heterocycles. The van der Waals surface area contributed by atoms with Crippen LogP contribution in [0.4, 0.5) is 0 Å². The lowest BCUT2D eigenvalue weighted by Crippen LogP contribution is -2.28. The third-order valence-electron chi connectivity index (χ3n) is 4.75. The molecule has 0 heterocycles. The minimum absolute atomic E-state index is 0.0620. The van der Waals surface area contributed by atoms with Gasteiger partial charge in [0.2, 0.25) is 5.91 Å².